The standard InChI is InChI=1S/C15H15N3O3/c1-10(19)18-15-5-3-12(8-17-15)16-7-11-2-4-13-14(6-11)21-9-20-13/h2-6,8,16H,7,9H2,1H3,(H,17,18,19). The highest BCUT2D eigenvalue weighted by atomic mass is 16.7. The summed E-state index contributed by atoms with van der Waals surface area (Å²) < 4.78 is 10.6. The first-order valence-corrected chi connectivity index (χ1v) is 6.57. The van der Waals surface area contributed by atoms with E-state index in [4.69, 9.17) is 9.47 Å². The molecule has 1 aromatic heterocycles. The SMILES string of the molecule is CC(=O)Nc1ccc(NCc2ccc3c(c2)OCO3)cn1. The van der Waals surface area contributed by atoms with E-state index in [2.05, 4.69) is 15.6 Å². The number of hydrogen-bond donors (Lipinski definition) is 2. The number of hydrogen-bond acceptors (Lipinski definition) is 5. The zero-order chi connectivity index (χ0) is 14.7. The normalized spacial score (nSPS) is 12.0. The lowest BCUT2D eigenvalue weighted by atomic mass is 10.2. The first kappa shape index (κ1) is 13.2. The Labute approximate surface area is 122 Å². The number of amides is 1. The third-order valence-electron chi connectivity index (χ3n) is 3.00. The average molecular weight is 285 g/mol. The van der Waals surface area contributed by atoms with E-state index in [0.717, 1.165) is 22.7 Å². The number of carbonyl (C=O) groups excluding carboxylic acids is 1. The molecule has 3 rings (SSSR count). The van der Waals surface area contributed by atoms with E-state index in [1.54, 1.807) is 12.3 Å². The van der Waals surface area contributed by atoms with Crippen molar-refractivity contribution in [3.63, 3.8) is 0 Å². The fourth-order valence-electron chi connectivity index (χ4n) is 2.01. The van der Waals surface area contributed by atoms with Crippen LogP contribution in [0.25, 0.3) is 0 Å². The zero-order valence-electron chi connectivity index (χ0n) is 11.6. The van der Waals surface area contributed by atoms with Crippen LogP contribution in [0.15, 0.2) is 36.5 Å². The van der Waals surface area contributed by atoms with Crippen molar-refractivity contribution in [3.05, 3.63) is 42.1 Å². The van der Waals surface area contributed by atoms with Gasteiger partial charge in [-0.25, -0.2) is 4.98 Å². The molecule has 2 N–H and O–H groups in total. The van der Waals surface area contributed by atoms with Crippen LogP contribution in [-0.4, -0.2) is 17.7 Å². The van der Waals surface area contributed by atoms with Crippen LogP contribution >= 0.6 is 0 Å². The van der Waals surface area contributed by atoms with Gasteiger partial charge in [0.05, 0.1) is 11.9 Å². The molecule has 0 unspecified atom stereocenters. The van der Waals surface area contributed by atoms with Crippen molar-refractivity contribution >= 4 is 17.4 Å². The second-order valence-electron chi connectivity index (χ2n) is 4.65. The van der Waals surface area contributed by atoms with Crippen LogP contribution < -0.4 is 20.1 Å². The summed E-state index contributed by atoms with van der Waals surface area (Å²) in [5.74, 6) is 1.95. The molecule has 1 aliphatic heterocycles. The van der Waals surface area contributed by atoms with E-state index in [1.807, 2.05) is 24.3 Å². The minimum absolute atomic E-state index is 0.136. The Bertz CT molecular complexity index is 656. The summed E-state index contributed by atoms with van der Waals surface area (Å²) >= 11 is 0. The second kappa shape index (κ2) is 5.70. The van der Waals surface area contributed by atoms with Gasteiger partial charge in [-0.1, -0.05) is 6.07 Å². The molecule has 6 nitrogen and oxygen atoms in total. The summed E-state index contributed by atoms with van der Waals surface area (Å²) in [5, 5.41) is 5.89. The molecule has 0 fully saturated rings. The van der Waals surface area contributed by atoms with Crippen LogP contribution in [0.2, 0.25) is 0 Å². The Kier molecular flexibility index (Phi) is 3.59. The van der Waals surface area contributed by atoms with Crippen LogP contribution in [0.3, 0.4) is 0 Å². The van der Waals surface area contributed by atoms with Crippen molar-refractivity contribution in [1.82, 2.24) is 4.98 Å². The number of anilines is 2. The number of benzene rings is 1. The van der Waals surface area contributed by atoms with E-state index in [9.17, 15) is 4.79 Å². The largest absolute Gasteiger partial charge is 0.454 e. The molecule has 0 bridgehead atoms. The molecule has 2 aromatic rings. The Morgan fingerprint density at radius 2 is 2.10 bits per heavy atom. The quantitative estimate of drug-likeness (QED) is 0.902. The molecule has 108 valence electrons. The lowest BCUT2D eigenvalue weighted by Crippen LogP contribution is -2.07. The number of carbonyl (C=O) groups is 1. The van der Waals surface area contributed by atoms with E-state index in [0.29, 0.717) is 12.4 Å². The molecule has 1 aliphatic rings. The number of nitrogens with zero attached hydrogens (tertiary/aromatic N) is 1. The molecule has 1 aromatic carbocycles. The van der Waals surface area contributed by atoms with E-state index < -0.39 is 0 Å². The number of aromatic nitrogens is 1. The van der Waals surface area contributed by atoms with Gasteiger partial charge in [-0.3, -0.25) is 4.79 Å². The molecule has 0 radical (unpaired) electrons. The number of fused-ring (bicyclic) bond motifs is 1. The van der Waals surface area contributed by atoms with Crippen molar-refractivity contribution < 1.29 is 14.3 Å². The van der Waals surface area contributed by atoms with Crippen LogP contribution in [0.5, 0.6) is 11.5 Å². The Morgan fingerprint density at radius 1 is 1.24 bits per heavy atom. The predicted octanol–water partition coefficient (Wildman–Crippen LogP) is 2.38. The molecule has 2 heterocycles. The fourth-order valence-corrected chi connectivity index (χ4v) is 2.01. The average Bonchev–Trinajstić information content (AvgIpc) is 2.93. The van der Waals surface area contributed by atoms with Gasteiger partial charge < -0.3 is 20.1 Å². The van der Waals surface area contributed by atoms with Crippen molar-refractivity contribution in [1.29, 1.82) is 0 Å². The van der Waals surface area contributed by atoms with Crippen molar-refractivity contribution in [2.75, 3.05) is 17.4 Å². The van der Waals surface area contributed by atoms with E-state index in [1.165, 1.54) is 6.92 Å². The fraction of sp³-hybridized carbons (Fsp3) is 0.200. The van der Waals surface area contributed by atoms with Gasteiger partial charge in [-0.2, -0.15) is 0 Å². The molecule has 0 saturated carbocycles. The van der Waals surface area contributed by atoms with Crippen LogP contribution in [0.1, 0.15) is 12.5 Å². The van der Waals surface area contributed by atoms with Gasteiger partial charge in [0.2, 0.25) is 12.7 Å². The minimum atomic E-state index is -0.136. The third kappa shape index (κ3) is 3.22. The van der Waals surface area contributed by atoms with Crippen molar-refractivity contribution in [2.24, 2.45) is 0 Å². The van der Waals surface area contributed by atoms with Gasteiger partial charge in [0.15, 0.2) is 11.5 Å². The summed E-state index contributed by atoms with van der Waals surface area (Å²) in [7, 11) is 0. The molecular weight excluding hydrogens is 270 g/mol. The number of pyridine rings is 1. The van der Waals surface area contributed by atoms with Gasteiger partial charge in [0, 0.05) is 13.5 Å². The Hall–Kier alpha value is -2.76. The number of nitrogens with one attached hydrogen (secondary N) is 2. The molecule has 21 heavy (non-hydrogen) atoms. The maximum absolute atomic E-state index is 10.9. The third-order valence-corrected chi connectivity index (χ3v) is 3.00. The van der Waals surface area contributed by atoms with Gasteiger partial charge in [0.25, 0.3) is 0 Å². The topological polar surface area (TPSA) is 72.5 Å². The lowest BCUT2D eigenvalue weighted by Gasteiger charge is -2.08. The smallest absolute Gasteiger partial charge is 0.231 e. The van der Waals surface area contributed by atoms with Crippen LogP contribution in [0, 0.1) is 0 Å². The van der Waals surface area contributed by atoms with Gasteiger partial charge in [-0.05, 0) is 29.8 Å². The number of rotatable bonds is 4. The molecule has 0 aliphatic carbocycles. The summed E-state index contributed by atoms with van der Waals surface area (Å²) in [4.78, 5) is 15.1. The maximum Gasteiger partial charge on any atom is 0.231 e. The van der Waals surface area contributed by atoms with E-state index >= 15 is 0 Å². The first-order valence-electron chi connectivity index (χ1n) is 6.57. The van der Waals surface area contributed by atoms with Crippen LogP contribution in [-0.2, 0) is 11.3 Å². The summed E-state index contributed by atoms with van der Waals surface area (Å²) in [5.41, 5.74) is 1.96. The predicted molar refractivity (Wildman–Crippen MR) is 78.4 cm³/mol. The first-order chi connectivity index (χ1) is 10.2. The van der Waals surface area contributed by atoms with Gasteiger partial charge in [0.1, 0.15) is 5.82 Å². The highest BCUT2D eigenvalue weighted by molar-refractivity contribution is 5.87. The molecule has 6 heteroatoms. The molecule has 0 saturated heterocycles. The van der Waals surface area contributed by atoms with Gasteiger partial charge >= 0.3 is 0 Å². The maximum atomic E-state index is 10.9. The van der Waals surface area contributed by atoms with Crippen molar-refractivity contribution in [3.8, 4) is 11.5 Å². The highest BCUT2D eigenvalue weighted by Crippen LogP contribution is 2.32. The summed E-state index contributed by atoms with van der Waals surface area (Å²) in [6.45, 7) is 2.38. The summed E-state index contributed by atoms with van der Waals surface area (Å²) in [6.07, 6.45) is 1.68. The molecule has 0 atom stereocenters. The Balaban J connectivity index is 1.61. The summed E-state index contributed by atoms with van der Waals surface area (Å²) in [6, 6.07) is 9.46. The molecular formula is C15H15N3O3. The second-order valence-corrected chi connectivity index (χ2v) is 4.65. The zero-order valence-corrected chi connectivity index (χ0v) is 11.6. The Morgan fingerprint density at radius 3 is 2.86 bits per heavy atom. The van der Waals surface area contributed by atoms with E-state index in [-0.39, 0.29) is 12.7 Å². The van der Waals surface area contributed by atoms with Crippen LogP contribution in [0.4, 0.5) is 11.5 Å². The number of ether oxygens (including phenoxy) is 2. The molecule has 0 spiro atoms. The minimum Gasteiger partial charge on any atom is -0.454 e. The molecule has 1 amide bonds. The van der Waals surface area contributed by atoms with Gasteiger partial charge in [-0.15, -0.1) is 0 Å². The highest BCUT2D eigenvalue weighted by Gasteiger charge is 2.12. The van der Waals surface area contributed by atoms with Crippen molar-refractivity contribution in [2.45, 2.75) is 13.5 Å². The monoisotopic (exact) mass is 285 g/mol. The lowest BCUT2D eigenvalue weighted by molar-refractivity contribution is -0.114.